The van der Waals surface area contributed by atoms with Crippen molar-refractivity contribution in [2.75, 3.05) is 0 Å². The van der Waals surface area contributed by atoms with Gasteiger partial charge in [0.2, 0.25) is 0 Å². The smallest absolute Gasteiger partial charge is 0.195 e. The van der Waals surface area contributed by atoms with Crippen molar-refractivity contribution < 1.29 is 4.68 Å². The Hall–Kier alpha value is -2.88. The van der Waals surface area contributed by atoms with Crippen LogP contribution >= 0.6 is 0 Å². The molecule has 0 saturated carbocycles. The zero-order valence-corrected chi connectivity index (χ0v) is 13.2. The van der Waals surface area contributed by atoms with Crippen LogP contribution in [0.5, 0.6) is 0 Å². The van der Waals surface area contributed by atoms with Gasteiger partial charge in [0, 0.05) is 12.5 Å². The van der Waals surface area contributed by atoms with Crippen molar-refractivity contribution in [2.24, 2.45) is 7.05 Å². The van der Waals surface area contributed by atoms with E-state index >= 15 is 0 Å². The van der Waals surface area contributed by atoms with E-state index in [0.29, 0.717) is 0 Å². The summed E-state index contributed by atoms with van der Waals surface area (Å²) in [4.78, 5) is 4.89. The van der Waals surface area contributed by atoms with Crippen molar-refractivity contribution in [1.82, 2.24) is 14.2 Å². The molecule has 1 aliphatic rings. The molecule has 112 valence electrons. The number of hydrogen-bond acceptors (Lipinski definition) is 1. The number of nitrogens with zero attached hydrogens (tertiary/aromatic N) is 4. The summed E-state index contributed by atoms with van der Waals surface area (Å²) in [6, 6.07) is 15.1. The molecule has 0 spiro atoms. The number of hydrogen-bond donors (Lipinski definition) is 0. The van der Waals surface area contributed by atoms with Gasteiger partial charge in [-0.2, -0.15) is 0 Å². The summed E-state index contributed by atoms with van der Waals surface area (Å²) in [7, 11) is 2.05. The van der Waals surface area contributed by atoms with Gasteiger partial charge >= 0.3 is 0 Å². The second kappa shape index (κ2) is 4.32. The Morgan fingerprint density at radius 2 is 1.96 bits per heavy atom. The van der Waals surface area contributed by atoms with Gasteiger partial charge < -0.3 is 0 Å². The summed E-state index contributed by atoms with van der Waals surface area (Å²) in [5, 5.41) is 0. The van der Waals surface area contributed by atoms with Gasteiger partial charge in [0.15, 0.2) is 13.2 Å². The molecule has 0 aliphatic carbocycles. The van der Waals surface area contributed by atoms with E-state index in [1.54, 1.807) is 0 Å². The van der Waals surface area contributed by atoms with Crippen molar-refractivity contribution >= 4 is 11.0 Å². The van der Waals surface area contributed by atoms with Crippen LogP contribution in [-0.2, 0) is 13.5 Å². The molecule has 0 amide bonds. The van der Waals surface area contributed by atoms with Crippen LogP contribution in [0.25, 0.3) is 22.4 Å². The third-order valence-electron chi connectivity index (χ3n) is 4.74. The Balaban J connectivity index is 1.79. The molecule has 0 bridgehead atoms. The van der Waals surface area contributed by atoms with Crippen molar-refractivity contribution in [2.45, 2.75) is 13.3 Å². The standard InChI is InChI=1S/C19H17N4/c1-13-10-18-15(12-17(13)22-9-5-8-21(22)2)20-19-11-14-6-3-4-7-16(14)23(18)19/h3-10,12H,11H2,1-2H3/q+1. The first-order valence-electron chi connectivity index (χ1n) is 7.86. The minimum absolute atomic E-state index is 0.913. The lowest BCUT2D eigenvalue weighted by molar-refractivity contribution is -0.744. The van der Waals surface area contributed by atoms with Crippen LogP contribution in [0.2, 0.25) is 0 Å². The van der Waals surface area contributed by atoms with Crippen molar-refractivity contribution in [1.29, 1.82) is 0 Å². The molecule has 0 saturated heterocycles. The zero-order chi connectivity index (χ0) is 15.6. The number of aryl methyl sites for hydroxylation is 2. The number of para-hydroxylation sites is 1. The first-order chi connectivity index (χ1) is 11.2. The van der Waals surface area contributed by atoms with Gasteiger partial charge in [0.1, 0.15) is 11.5 Å². The average molecular weight is 301 g/mol. The number of fused-ring (bicyclic) bond motifs is 5. The molecule has 4 aromatic rings. The van der Waals surface area contributed by atoms with Gasteiger partial charge in [-0.15, -0.1) is 9.36 Å². The molecular weight excluding hydrogens is 284 g/mol. The fourth-order valence-corrected chi connectivity index (χ4v) is 3.62. The Bertz CT molecular complexity index is 1070. The van der Waals surface area contributed by atoms with Gasteiger partial charge in [-0.25, -0.2) is 4.98 Å². The lowest BCUT2D eigenvalue weighted by Gasteiger charge is -2.07. The highest BCUT2D eigenvalue weighted by Crippen LogP contribution is 2.33. The molecule has 5 rings (SSSR count). The van der Waals surface area contributed by atoms with E-state index in [2.05, 4.69) is 63.4 Å². The van der Waals surface area contributed by atoms with Crippen molar-refractivity contribution in [3.05, 3.63) is 71.8 Å². The third-order valence-corrected chi connectivity index (χ3v) is 4.74. The van der Waals surface area contributed by atoms with E-state index in [-0.39, 0.29) is 0 Å². The fraction of sp³-hybridized carbons (Fsp3) is 0.158. The Kier molecular flexibility index (Phi) is 2.37. The zero-order valence-electron chi connectivity index (χ0n) is 13.2. The summed E-state index contributed by atoms with van der Waals surface area (Å²) in [6.45, 7) is 2.16. The fourth-order valence-electron chi connectivity index (χ4n) is 3.62. The Morgan fingerprint density at radius 1 is 1.09 bits per heavy atom. The molecule has 2 aromatic carbocycles. The molecule has 0 atom stereocenters. The van der Waals surface area contributed by atoms with E-state index in [1.807, 2.05) is 19.3 Å². The molecule has 0 radical (unpaired) electrons. The largest absolute Gasteiger partial charge is 0.296 e. The quantitative estimate of drug-likeness (QED) is 0.437. The Morgan fingerprint density at radius 3 is 2.78 bits per heavy atom. The van der Waals surface area contributed by atoms with Crippen LogP contribution in [0.1, 0.15) is 17.0 Å². The molecular formula is C19H17N4+. The monoisotopic (exact) mass is 301 g/mol. The van der Waals surface area contributed by atoms with E-state index < -0.39 is 0 Å². The van der Waals surface area contributed by atoms with Crippen LogP contribution in [0.15, 0.2) is 54.9 Å². The van der Waals surface area contributed by atoms with Crippen molar-refractivity contribution in [3.63, 3.8) is 0 Å². The van der Waals surface area contributed by atoms with Gasteiger partial charge in [-0.1, -0.05) is 18.2 Å². The molecule has 3 heterocycles. The second-order valence-corrected chi connectivity index (χ2v) is 6.21. The first kappa shape index (κ1) is 12.6. The van der Waals surface area contributed by atoms with Crippen LogP contribution in [0.3, 0.4) is 0 Å². The summed E-state index contributed by atoms with van der Waals surface area (Å²) in [5.41, 5.74) is 7.30. The van der Waals surface area contributed by atoms with Gasteiger partial charge in [-0.3, -0.25) is 4.57 Å². The highest BCUT2D eigenvalue weighted by molar-refractivity contribution is 5.83. The molecule has 4 heteroatoms. The van der Waals surface area contributed by atoms with Gasteiger partial charge in [0.05, 0.1) is 22.9 Å². The molecule has 0 N–H and O–H groups in total. The molecule has 0 fully saturated rings. The maximum atomic E-state index is 4.89. The average Bonchev–Trinajstić information content (AvgIpc) is 3.20. The first-order valence-corrected chi connectivity index (χ1v) is 7.86. The van der Waals surface area contributed by atoms with Crippen molar-refractivity contribution in [3.8, 4) is 11.4 Å². The van der Waals surface area contributed by atoms with E-state index in [9.17, 15) is 0 Å². The summed E-state index contributed by atoms with van der Waals surface area (Å²) >= 11 is 0. The van der Waals surface area contributed by atoms with Crippen LogP contribution in [0.4, 0.5) is 0 Å². The van der Waals surface area contributed by atoms with Crippen LogP contribution in [-0.4, -0.2) is 14.2 Å². The summed E-state index contributed by atoms with van der Waals surface area (Å²) in [6.07, 6.45) is 5.04. The van der Waals surface area contributed by atoms with E-state index in [4.69, 9.17) is 4.98 Å². The lowest BCUT2D eigenvalue weighted by atomic mass is 10.1. The highest BCUT2D eigenvalue weighted by Gasteiger charge is 2.23. The van der Waals surface area contributed by atoms with Crippen LogP contribution in [0, 0.1) is 6.92 Å². The summed E-state index contributed by atoms with van der Waals surface area (Å²) < 4.78 is 6.53. The minimum Gasteiger partial charge on any atom is -0.296 e. The SMILES string of the molecule is Cc1cc2c(cc1-n1ccc[n+]1C)nc1n2-c2ccccc2C1. The maximum absolute atomic E-state index is 4.89. The Labute approximate surface area is 134 Å². The predicted octanol–water partition coefficient (Wildman–Crippen LogP) is 2.85. The van der Waals surface area contributed by atoms with E-state index in [0.717, 1.165) is 17.8 Å². The molecule has 4 nitrogen and oxygen atoms in total. The topological polar surface area (TPSA) is 26.6 Å². The number of aromatic nitrogens is 4. The third kappa shape index (κ3) is 1.66. The normalized spacial score (nSPS) is 12.6. The molecule has 1 aliphatic heterocycles. The maximum Gasteiger partial charge on any atom is 0.195 e. The predicted molar refractivity (Wildman–Crippen MR) is 89.1 cm³/mol. The van der Waals surface area contributed by atoms with E-state index in [1.165, 1.54) is 28.0 Å². The molecule has 0 unspecified atom stereocenters. The lowest BCUT2D eigenvalue weighted by Crippen LogP contribution is -2.36. The number of rotatable bonds is 1. The van der Waals surface area contributed by atoms with Crippen LogP contribution < -0.4 is 4.68 Å². The number of benzene rings is 2. The molecule has 23 heavy (non-hydrogen) atoms. The minimum atomic E-state index is 0.913. The summed E-state index contributed by atoms with van der Waals surface area (Å²) in [5.74, 6) is 1.13. The second-order valence-electron chi connectivity index (χ2n) is 6.21. The van der Waals surface area contributed by atoms with Gasteiger partial charge in [0.25, 0.3) is 0 Å². The number of imidazole rings is 1. The molecule has 2 aromatic heterocycles. The highest BCUT2D eigenvalue weighted by atomic mass is 15.4. The van der Waals surface area contributed by atoms with Gasteiger partial charge in [-0.05, 0) is 36.2 Å².